The third-order valence-corrected chi connectivity index (χ3v) is 4.74. The smallest absolute Gasteiger partial charge is 0.251 e. The van der Waals surface area contributed by atoms with E-state index in [1.165, 1.54) is 23.8 Å². The molecule has 0 unspecified atom stereocenters. The molecular weight excluding hydrogens is 316 g/mol. The van der Waals surface area contributed by atoms with Crippen LogP contribution >= 0.6 is 0 Å². The van der Waals surface area contributed by atoms with Gasteiger partial charge in [0.05, 0.1) is 0 Å². The second kappa shape index (κ2) is 7.57. The minimum atomic E-state index is -0.277. The molecule has 5 heteroatoms. The number of aromatic hydroxyl groups is 2. The van der Waals surface area contributed by atoms with E-state index in [-0.39, 0.29) is 23.0 Å². The summed E-state index contributed by atoms with van der Waals surface area (Å²) in [6.07, 6.45) is 1.04. The lowest BCUT2D eigenvalue weighted by molar-refractivity contribution is 0.0946. The average Bonchev–Trinajstić information content (AvgIpc) is 2.92. The monoisotopic (exact) mass is 340 g/mol. The van der Waals surface area contributed by atoms with Gasteiger partial charge in [-0.15, -0.1) is 0 Å². The molecule has 132 valence electrons. The van der Waals surface area contributed by atoms with Crippen LogP contribution in [0.3, 0.4) is 0 Å². The molecule has 1 aliphatic rings. The predicted molar refractivity (Wildman–Crippen MR) is 96.5 cm³/mol. The number of hydrogen-bond acceptors (Lipinski definition) is 4. The zero-order valence-corrected chi connectivity index (χ0v) is 14.4. The van der Waals surface area contributed by atoms with E-state index in [1.54, 1.807) is 0 Å². The van der Waals surface area contributed by atoms with Crippen LogP contribution in [0.2, 0.25) is 0 Å². The summed E-state index contributed by atoms with van der Waals surface area (Å²) in [5.74, 6) is -0.115. The van der Waals surface area contributed by atoms with Gasteiger partial charge >= 0.3 is 0 Å². The van der Waals surface area contributed by atoms with Crippen molar-refractivity contribution in [1.82, 2.24) is 10.2 Å². The van der Waals surface area contributed by atoms with Gasteiger partial charge in [0.15, 0.2) is 0 Å². The average molecular weight is 340 g/mol. The molecule has 0 aliphatic carbocycles. The summed E-state index contributed by atoms with van der Waals surface area (Å²) in [4.78, 5) is 14.6. The number of benzene rings is 2. The predicted octanol–water partition coefficient (Wildman–Crippen LogP) is 2.74. The number of likely N-dealkylation sites (tertiary alicyclic amines) is 1. The van der Waals surface area contributed by atoms with E-state index in [9.17, 15) is 15.0 Å². The number of amides is 1. The molecule has 5 nitrogen and oxygen atoms in total. The van der Waals surface area contributed by atoms with Gasteiger partial charge in [-0.1, -0.05) is 30.3 Å². The van der Waals surface area contributed by atoms with Gasteiger partial charge in [-0.2, -0.15) is 0 Å². The number of nitrogens with one attached hydrogen (secondary N) is 1. The Kier molecular flexibility index (Phi) is 5.24. The Bertz CT molecular complexity index is 713. The van der Waals surface area contributed by atoms with Gasteiger partial charge in [0.25, 0.3) is 5.91 Å². The first kappa shape index (κ1) is 17.3. The van der Waals surface area contributed by atoms with Crippen molar-refractivity contribution in [2.45, 2.75) is 25.9 Å². The summed E-state index contributed by atoms with van der Waals surface area (Å²) in [7, 11) is 0. The van der Waals surface area contributed by atoms with Crippen LogP contribution in [0.1, 0.15) is 29.3 Å². The molecule has 25 heavy (non-hydrogen) atoms. The first-order chi connectivity index (χ1) is 12.0. The fraction of sp³-hybridized carbons (Fsp3) is 0.350. The normalized spacial score (nSPS) is 20.5. The lowest BCUT2D eigenvalue weighted by atomic mass is 10.1. The topological polar surface area (TPSA) is 72.8 Å². The van der Waals surface area contributed by atoms with Crippen LogP contribution in [0.25, 0.3) is 0 Å². The maximum Gasteiger partial charge on any atom is 0.251 e. The molecule has 1 saturated heterocycles. The van der Waals surface area contributed by atoms with Crippen LogP contribution in [0.5, 0.6) is 11.5 Å². The number of carbonyl (C=O) groups excluding carboxylic acids is 1. The van der Waals surface area contributed by atoms with Crippen LogP contribution in [0, 0.1) is 5.92 Å². The van der Waals surface area contributed by atoms with E-state index in [1.807, 2.05) is 6.07 Å². The molecular formula is C20H24N2O3. The SMILES string of the molecule is C[C@@H]1C[C@H](CNC(=O)c2cc(O)cc(O)c2)CN1Cc1ccccc1. The van der Waals surface area contributed by atoms with Crippen LogP contribution < -0.4 is 5.32 Å². The molecule has 0 aromatic heterocycles. The highest BCUT2D eigenvalue weighted by Crippen LogP contribution is 2.25. The van der Waals surface area contributed by atoms with Crippen molar-refractivity contribution in [1.29, 1.82) is 0 Å². The van der Waals surface area contributed by atoms with Crippen molar-refractivity contribution < 1.29 is 15.0 Å². The van der Waals surface area contributed by atoms with E-state index in [2.05, 4.69) is 41.4 Å². The lowest BCUT2D eigenvalue weighted by Crippen LogP contribution is -2.31. The number of rotatable bonds is 5. The third kappa shape index (κ3) is 4.51. The summed E-state index contributed by atoms with van der Waals surface area (Å²) >= 11 is 0. The largest absolute Gasteiger partial charge is 0.508 e. The summed E-state index contributed by atoms with van der Waals surface area (Å²) in [5, 5.41) is 21.9. The molecule has 0 radical (unpaired) electrons. The highest BCUT2D eigenvalue weighted by atomic mass is 16.3. The van der Waals surface area contributed by atoms with Crippen molar-refractivity contribution in [3.8, 4) is 11.5 Å². The molecule has 1 fully saturated rings. The fourth-order valence-electron chi connectivity index (χ4n) is 3.47. The van der Waals surface area contributed by atoms with E-state index >= 15 is 0 Å². The molecule has 2 aromatic rings. The zero-order valence-electron chi connectivity index (χ0n) is 14.4. The van der Waals surface area contributed by atoms with Gasteiger partial charge < -0.3 is 15.5 Å². The van der Waals surface area contributed by atoms with Crippen molar-refractivity contribution in [3.05, 3.63) is 59.7 Å². The molecule has 1 heterocycles. The molecule has 1 aliphatic heterocycles. The third-order valence-electron chi connectivity index (χ3n) is 4.74. The number of phenols is 2. The zero-order chi connectivity index (χ0) is 17.8. The Hall–Kier alpha value is -2.53. The fourth-order valence-corrected chi connectivity index (χ4v) is 3.47. The van der Waals surface area contributed by atoms with Crippen molar-refractivity contribution >= 4 is 5.91 Å². The standard InChI is InChI=1S/C20H24N2O3/c1-14-7-16(13-22(14)12-15-5-3-2-4-6-15)11-21-20(25)17-8-18(23)10-19(24)9-17/h2-6,8-10,14,16,23-24H,7,11-13H2,1H3,(H,21,25)/t14-,16-/m1/s1. The minimum absolute atomic E-state index is 0.117. The van der Waals surface area contributed by atoms with Crippen molar-refractivity contribution in [2.24, 2.45) is 5.92 Å². The summed E-state index contributed by atoms with van der Waals surface area (Å²) in [6, 6.07) is 14.8. The minimum Gasteiger partial charge on any atom is -0.508 e. The van der Waals surface area contributed by atoms with Crippen LogP contribution in [-0.2, 0) is 6.54 Å². The Labute approximate surface area is 147 Å². The van der Waals surface area contributed by atoms with Gasteiger partial charge in [-0.3, -0.25) is 9.69 Å². The lowest BCUT2D eigenvalue weighted by Gasteiger charge is -2.21. The Morgan fingerprint density at radius 1 is 1.16 bits per heavy atom. The molecule has 0 spiro atoms. The van der Waals surface area contributed by atoms with Gasteiger partial charge in [0, 0.05) is 37.3 Å². The molecule has 2 atom stereocenters. The number of phenolic OH excluding ortho intramolecular Hbond substituents is 2. The first-order valence-corrected chi connectivity index (χ1v) is 8.60. The number of hydrogen-bond donors (Lipinski definition) is 3. The number of nitrogens with zero attached hydrogens (tertiary/aromatic N) is 1. The highest BCUT2D eigenvalue weighted by Gasteiger charge is 2.29. The molecule has 1 amide bonds. The molecule has 0 saturated carbocycles. The van der Waals surface area contributed by atoms with Crippen LogP contribution in [0.4, 0.5) is 0 Å². The first-order valence-electron chi connectivity index (χ1n) is 8.60. The molecule has 0 bridgehead atoms. The van der Waals surface area contributed by atoms with Gasteiger partial charge in [-0.25, -0.2) is 0 Å². The summed E-state index contributed by atoms with van der Waals surface area (Å²) < 4.78 is 0. The second-order valence-corrected chi connectivity index (χ2v) is 6.81. The van der Waals surface area contributed by atoms with Crippen LogP contribution in [0.15, 0.2) is 48.5 Å². The Morgan fingerprint density at radius 2 is 1.84 bits per heavy atom. The van der Waals surface area contributed by atoms with Crippen molar-refractivity contribution in [3.63, 3.8) is 0 Å². The summed E-state index contributed by atoms with van der Waals surface area (Å²) in [6.45, 7) is 4.68. The second-order valence-electron chi connectivity index (χ2n) is 6.81. The Balaban J connectivity index is 1.53. The van der Waals surface area contributed by atoms with Gasteiger partial charge in [-0.05, 0) is 37.0 Å². The van der Waals surface area contributed by atoms with Gasteiger partial charge in [0.2, 0.25) is 0 Å². The number of carbonyl (C=O) groups is 1. The van der Waals surface area contributed by atoms with E-state index in [0.717, 1.165) is 19.5 Å². The van der Waals surface area contributed by atoms with Crippen molar-refractivity contribution in [2.75, 3.05) is 13.1 Å². The molecule has 3 rings (SSSR count). The molecule has 2 aromatic carbocycles. The van der Waals surface area contributed by atoms with E-state index < -0.39 is 0 Å². The van der Waals surface area contributed by atoms with Gasteiger partial charge in [0.1, 0.15) is 11.5 Å². The quantitative estimate of drug-likeness (QED) is 0.782. The summed E-state index contributed by atoms with van der Waals surface area (Å²) in [5.41, 5.74) is 1.57. The maximum atomic E-state index is 12.2. The van der Waals surface area contributed by atoms with Crippen LogP contribution in [-0.4, -0.2) is 40.2 Å². The highest BCUT2D eigenvalue weighted by molar-refractivity contribution is 5.95. The van der Waals surface area contributed by atoms with E-state index in [4.69, 9.17) is 0 Å². The maximum absolute atomic E-state index is 12.2. The van der Waals surface area contributed by atoms with E-state index in [0.29, 0.717) is 18.5 Å². The Morgan fingerprint density at radius 3 is 2.52 bits per heavy atom. The molecule has 3 N–H and O–H groups in total.